The normalized spacial score (nSPS) is 14.4. The van der Waals surface area contributed by atoms with Gasteiger partial charge in [0.25, 0.3) is 0 Å². The second kappa shape index (κ2) is 6.09. The fourth-order valence-corrected chi connectivity index (χ4v) is 2.95. The molecular weight excluding hydrogens is 246 g/mol. The highest BCUT2D eigenvalue weighted by Crippen LogP contribution is 2.29. The lowest BCUT2D eigenvalue weighted by Gasteiger charge is -2.08. The van der Waals surface area contributed by atoms with Gasteiger partial charge in [0.1, 0.15) is 6.10 Å². The Balaban J connectivity index is 2.10. The molecule has 3 nitrogen and oxygen atoms in total. The van der Waals surface area contributed by atoms with E-state index in [2.05, 4.69) is 4.98 Å². The van der Waals surface area contributed by atoms with Crippen LogP contribution in [0.5, 0.6) is 0 Å². The van der Waals surface area contributed by atoms with Crippen LogP contribution in [0, 0.1) is 5.92 Å². The van der Waals surface area contributed by atoms with Gasteiger partial charge in [0.15, 0.2) is 0 Å². The van der Waals surface area contributed by atoms with Gasteiger partial charge < -0.3 is 10.2 Å². The quantitative estimate of drug-likeness (QED) is 0.871. The zero-order valence-electron chi connectivity index (χ0n) is 10.3. The lowest BCUT2D eigenvalue weighted by Crippen LogP contribution is -2.02. The second-order valence-electron chi connectivity index (χ2n) is 4.48. The van der Waals surface area contributed by atoms with E-state index < -0.39 is 6.10 Å². The van der Waals surface area contributed by atoms with Gasteiger partial charge in [-0.1, -0.05) is 13.0 Å². The van der Waals surface area contributed by atoms with Crippen molar-refractivity contribution >= 4 is 11.3 Å². The maximum Gasteiger partial charge on any atom is 0.115 e. The summed E-state index contributed by atoms with van der Waals surface area (Å²) < 4.78 is 0. The average molecular weight is 263 g/mol. The van der Waals surface area contributed by atoms with Crippen molar-refractivity contribution < 1.29 is 10.2 Å². The second-order valence-corrected chi connectivity index (χ2v) is 5.68. The van der Waals surface area contributed by atoms with Crippen molar-refractivity contribution in [2.45, 2.75) is 19.4 Å². The molecule has 2 aromatic heterocycles. The molecule has 0 saturated carbocycles. The van der Waals surface area contributed by atoms with E-state index in [0.29, 0.717) is 0 Å². The van der Waals surface area contributed by atoms with Crippen LogP contribution in [-0.2, 0) is 6.42 Å². The van der Waals surface area contributed by atoms with Crippen LogP contribution in [0.25, 0.3) is 0 Å². The van der Waals surface area contributed by atoms with Gasteiger partial charge in [0.05, 0.1) is 0 Å². The molecule has 18 heavy (non-hydrogen) atoms. The van der Waals surface area contributed by atoms with E-state index in [4.69, 9.17) is 5.11 Å². The molecule has 0 amide bonds. The van der Waals surface area contributed by atoms with E-state index in [1.54, 1.807) is 23.7 Å². The van der Waals surface area contributed by atoms with Crippen LogP contribution < -0.4 is 0 Å². The first kappa shape index (κ1) is 13.2. The summed E-state index contributed by atoms with van der Waals surface area (Å²) in [5.74, 6) is 0.257. The fourth-order valence-electron chi connectivity index (χ4n) is 1.76. The Morgan fingerprint density at radius 2 is 2.17 bits per heavy atom. The molecule has 1 unspecified atom stereocenters. The summed E-state index contributed by atoms with van der Waals surface area (Å²) in [4.78, 5) is 6.12. The van der Waals surface area contributed by atoms with Crippen LogP contribution in [0.3, 0.4) is 0 Å². The number of thiophene rings is 1. The van der Waals surface area contributed by atoms with Gasteiger partial charge in [-0.2, -0.15) is 0 Å². The first-order valence-corrected chi connectivity index (χ1v) is 6.80. The average Bonchev–Trinajstić information content (AvgIpc) is 2.87. The molecule has 0 bridgehead atoms. The highest BCUT2D eigenvalue weighted by Gasteiger charge is 2.13. The van der Waals surface area contributed by atoms with Crippen molar-refractivity contribution in [2.24, 2.45) is 5.92 Å². The summed E-state index contributed by atoms with van der Waals surface area (Å²) in [6, 6.07) is 7.65. The third-order valence-corrected chi connectivity index (χ3v) is 3.97. The zero-order chi connectivity index (χ0) is 13.0. The molecule has 2 rings (SSSR count). The Labute approximate surface area is 111 Å². The molecule has 4 heteroatoms. The summed E-state index contributed by atoms with van der Waals surface area (Å²) in [5, 5.41) is 19.3. The minimum atomic E-state index is -0.609. The predicted octanol–water partition coefficient (Wildman–Crippen LogP) is 2.40. The first-order chi connectivity index (χ1) is 8.70. The molecule has 96 valence electrons. The highest BCUT2D eigenvalue weighted by atomic mass is 32.1. The Kier molecular flexibility index (Phi) is 4.47. The number of aliphatic hydroxyl groups is 2. The summed E-state index contributed by atoms with van der Waals surface area (Å²) in [6.07, 6.45) is 3.61. The molecule has 0 fully saturated rings. The van der Waals surface area contributed by atoms with Crippen LogP contribution in [0.2, 0.25) is 0 Å². The van der Waals surface area contributed by atoms with Crippen molar-refractivity contribution in [3.05, 3.63) is 52.0 Å². The summed E-state index contributed by atoms with van der Waals surface area (Å²) >= 11 is 1.59. The van der Waals surface area contributed by atoms with Gasteiger partial charge >= 0.3 is 0 Å². The monoisotopic (exact) mass is 263 g/mol. The van der Waals surface area contributed by atoms with Crippen LogP contribution in [-0.4, -0.2) is 21.8 Å². The Morgan fingerprint density at radius 3 is 2.83 bits per heavy atom. The van der Waals surface area contributed by atoms with Crippen molar-refractivity contribution in [1.82, 2.24) is 4.98 Å². The third kappa shape index (κ3) is 3.16. The van der Waals surface area contributed by atoms with E-state index >= 15 is 0 Å². The molecule has 0 aromatic carbocycles. The van der Waals surface area contributed by atoms with E-state index in [1.807, 2.05) is 31.2 Å². The maximum absolute atomic E-state index is 10.2. The summed E-state index contributed by atoms with van der Waals surface area (Å²) in [5.41, 5.74) is 0.807. The minimum absolute atomic E-state index is 0.193. The first-order valence-electron chi connectivity index (χ1n) is 5.98. The number of pyridine rings is 1. The number of hydrogen-bond donors (Lipinski definition) is 2. The third-order valence-electron chi connectivity index (χ3n) is 2.81. The Hall–Kier alpha value is -1.23. The van der Waals surface area contributed by atoms with Crippen LogP contribution >= 0.6 is 11.3 Å². The Morgan fingerprint density at radius 1 is 1.33 bits per heavy atom. The van der Waals surface area contributed by atoms with E-state index in [-0.39, 0.29) is 12.5 Å². The largest absolute Gasteiger partial charge is 0.396 e. The molecular formula is C14H17NO2S. The predicted molar refractivity (Wildman–Crippen MR) is 72.6 cm³/mol. The van der Waals surface area contributed by atoms with Crippen LogP contribution in [0.4, 0.5) is 0 Å². The van der Waals surface area contributed by atoms with Gasteiger partial charge in [-0.25, -0.2) is 0 Å². The van der Waals surface area contributed by atoms with Gasteiger partial charge in [-0.15, -0.1) is 11.3 Å². The number of nitrogens with zero attached hydrogens (tertiary/aromatic N) is 1. The van der Waals surface area contributed by atoms with Crippen molar-refractivity contribution in [2.75, 3.05) is 6.61 Å². The lowest BCUT2D eigenvalue weighted by molar-refractivity contribution is 0.223. The SMILES string of the molecule is C[C@@H](CO)Cc1ccc(C(O)c2cccnc2)s1. The van der Waals surface area contributed by atoms with Crippen LogP contribution in [0.15, 0.2) is 36.7 Å². The number of hydrogen-bond acceptors (Lipinski definition) is 4. The molecule has 0 saturated heterocycles. The van der Waals surface area contributed by atoms with Crippen LogP contribution in [0.1, 0.15) is 28.3 Å². The van der Waals surface area contributed by atoms with Gasteiger partial charge in [-0.3, -0.25) is 4.98 Å². The Bertz CT molecular complexity index is 484. The lowest BCUT2D eigenvalue weighted by atomic mass is 10.1. The van der Waals surface area contributed by atoms with Gasteiger partial charge in [0, 0.05) is 34.3 Å². The van der Waals surface area contributed by atoms with Crippen molar-refractivity contribution in [3.8, 4) is 0 Å². The number of rotatable bonds is 5. The number of aliphatic hydroxyl groups excluding tert-OH is 2. The van der Waals surface area contributed by atoms with Crippen molar-refractivity contribution in [3.63, 3.8) is 0 Å². The smallest absolute Gasteiger partial charge is 0.115 e. The molecule has 2 atom stereocenters. The molecule has 0 aliphatic rings. The van der Waals surface area contributed by atoms with E-state index in [1.165, 1.54) is 4.88 Å². The highest BCUT2D eigenvalue weighted by molar-refractivity contribution is 7.12. The molecule has 0 aliphatic carbocycles. The summed E-state index contributed by atoms with van der Waals surface area (Å²) in [7, 11) is 0. The topological polar surface area (TPSA) is 53.4 Å². The maximum atomic E-state index is 10.2. The molecule has 2 aromatic rings. The van der Waals surface area contributed by atoms with Crippen molar-refractivity contribution in [1.29, 1.82) is 0 Å². The standard InChI is InChI=1S/C14H17NO2S/c1-10(9-16)7-12-4-5-13(18-12)14(17)11-3-2-6-15-8-11/h2-6,8,10,14,16-17H,7,9H2,1H3/t10-,14?/m1/s1. The minimum Gasteiger partial charge on any atom is -0.396 e. The molecule has 0 radical (unpaired) electrons. The molecule has 2 heterocycles. The molecule has 0 aliphatic heterocycles. The van der Waals surface area contributed by atoms with Gasteiger partial charge in [-0.05, 0) is 30.5 Å². The molecule has 0 spiro atoms. The molecule has 2 N–H and O–H groups in total. The summed E-state index contributed by atoms with van der Waals surface area (Å²) in [6.45, 7) is 2.20. The van der Waals surface area contributed by atoms with E-state index in [9.17, 15) is 5.11 Å². The fraction of sp³-hybridized carbons (Fsp3) is 0.357. The van der Waals surface area contributed by atoms with Gasteiger partial charge in [0.2, 0.25) is 0 Å². The van der Waals surface area contributed by atoms with E-state index in [0.717, 1.165) is 16.9 Å². The zero-order valence-corrected chi connectivity index (χ0v) is 11.1. The number of aromatic nitrogens is 1.